The number of hydrogen-bond donors (Lipinski definition) is 0. The first-order chi connectivity index (χ1) is 4.70. The summed E-state index contributed by atoms with van der Waals surface area (Å²) in [6.07, 6.45) is 3.08. The zero-order chi connectivity index (χ0) is 7.98. The number of methoxy groups -OCH3 is 1. The molecule has 10 heavy (non-hydrogen) atoms. The third kappa shape index (κ3) is 3.95. The standard InChI is InChI=1S/C7H13NO2/c1-4-8(2)6-5-7(9)10-3/h5-6H,4H2,1-3H3. The third-order valence-electron chi connectivity index (χ3n) is 1.17. The Morgan fingerprint density at radius 3 is 2.70 bits per heavy atom. The summed E-state index contributed by atoms with van der Waals surface area (Å²) in [5, 5.41) is 0. The maximum Gasteiger partial charge on any atom is 0.331 e. The summed E-state index contributed by atoms with van der Waals surface area (Å²) in [5.74, 6) is -0.319. The maximum atomic E-state index is 10.5. The maximum absolute atomic E-state index is 10.5. The minimum Gasteiger partial charge on any atom is -0.466 e. The lowest BCUT2D eigenvalue weighted by atomic mass is 10.5. The number of nitrogens with zero attached hydrogens (tertiary/aromatic N) is 1. The highest BCUT2D eigenvalue weighted by Gasteiger charge is 1.90. The summed E-state index contributed by atoms with van der Waals surface area (Å²) in [4.78, 5) is 12.4. The Bertz CT molecular complexity index is 132. The zero-order valence-electron chi connectivity index (χ0n) is 6.63. The first kappa shape index (κ1) is 9.01. The molecule has 58 valence electrons. The van der Waals surface area contributed by atoms with Gasteiger partial charge in [-0.25, -0.2) is 4.79 Å². The number of ether oxygens (including phenoxy) is 1. The lowest BCUT2D eigenvalue weighted by Gasteiger charge is -2.07. The molecule has 0 bridgehead atoms. The van der Waals surface area contributed by atoms with Crippen molar-refractivity contribution in [1.82, 2.24) is 4.90 Å². The third-order valence-corrected chi connectivity index (χ3v) is 1.17. The zero-order valence-corrected chi connectivity index (χ0v) is 6.63. The van der Waals surface area contributed by atoms with Crippen LogP contribution < -0.4 is 0 Å². The van der Waals surface area contributed by atoms with Gasteiger partial charge < -0.3 is 9.64 Å². The van der Waals surface area contributed by atoms with E-state index in [1.54, 1.807) is 6.20 Å². The topological polar surface area (TPSA) is 29.5 Å². The van der Waals surface area contributed by atoms with E-state index in [4.69, 9.17) is 0 Å². The molecule has 0 radical (unpaired) electrons. The average molecular weight is 143 g/mol. The molecule has 3 nitrogen and oxygen atoms in total. The molecule has 0 saturated carbocycles. The molecule has 0 saturated heterocycles. The van der Waals surface area contributed by atoms with Gasteiger partial charge in [-0.3, -0.25) is 0 Å². The van der Waals surface area contributed by atoms with Gasteiger partial charge >= 0.3 is 5.97 Å². The van der Waals surface area contributed by atoms with Crippen molar-refractivity contribution >= 4 is 5.97 Å². The van der Waals surface area contributed by atoms with Gasteiger partial charge in [-0.1, -0.05) is 0 Å². The quantitative estimate of drug-likeness (QED) is 0.428. The van der Waals surface area contributed by atoms with Crippen molar-refractivity contribution in [3.63, 3.8) is 0 Å². The highest BCUT2D eigenvalue weighted by atomic mass is 16.5. The van der Waals surface area contributed by atoms with Crippen LogP contribution in [0.5, 0.6) is 0 Å². The Balaban J connectivity index is 3.63. The first-order valence-corrected chi connectivity index (χ1v) is 3.17. The van der Waals surface area contributed by atoms with Crippen molar-refractivity contribution in [2.24, 2.45) is 0 Å². The molecule has 0 atom stereocenters. The summed E-state index contributed by atoms with van der Waals surface area (Å²) >= 11 is 0. The van der Waals surface area contributed by atoms with Crippen LogP contribution in [0.25, 0.3) is 0 Å². The van der Waals surface area contributed by atoms with Gasteiger partial charge in [0.25, 0.3) is 0 Å². The molecule has 0 aromatic heterocycles. The van der Waals surface area contributed by atoms with Crippen molar-refractivity contribution in [1.29, 1.82) is 0 Å². The minimum atomic E-state index is -0.319. The molecule has 0 heterocycles. The van der Waals surface area contributed by atoms with Crippen molar-refractivity contribution in [3.05, 3.63) is 12.3 Å². The fourth-order valence-corrected chi connectivity index (χ4v) is 0.362. The van der Waals surface area contributed by atoms with Crippen molar-refractivity contribution in [2.75, 3.05) is 20.7 Å². The lowest BCUT2D eigenvalue weighted by molar-refractivity contribution is -0.134. The molecule has 0 aliphatic heterocycles. The fraction of sp³-hybridized carbons (Fsp3) is 0.571. The Morgan fingerprint density at radius 1 is 1.70 bits per heavy atom. The van der Waals surface area contributed by atoms with E-state index in [0.717, 1.165) is 6.54 Å². The van der Waals surface area contributed by atoms with Crippen LogP contribution >= 0.6 is 0 Å². The van der Waals surface area contributed by atoms with Crippen LogP contribution in [0.3, 0.4) is 0 Å². The fourth-order valence-electron chi connectivity index (χ4n) is 0.362. The van der Waals surface area contributed by atoms with Crippen LogP contribution in [0, 0.1) is 0 Å². The molecule has 0 unspecified atom stereocenters. The van der Waals surface area contributed by atoms with Crippen LogP contribution in [0.1, 0.15) is 6.92 Å². The van der Waals surface area contributed by atoms with E-state index in [0.29, 0.717) is 0 Å². The number of esters is 1. The monoisotopic (exact) mass is 143 g/mol. The van der Waals surface area contributed by atoms with Crippen molar-refractivity contribution in [2.45, 2.75) is 6.92 Å². The van der Waals surface area contributed by atoms with Crippen LogP contribution in [0.15, 0.2) is 12.3 Å². The van der Waals surface area contributed by atoms with Crippen LogP contribution in [0.2, 0.25) is 0 Å². The van der Waals surface area contributed by atoms with E-state index in [1.165, 1.54) is 13.2 Å². The molecule has 0 aromatic rings. The van der Waals surface area contributed by atoms with Gasteiger partial charge in [0.2, 0.25) is 0 Å². The van der Waals surface area contributed by atoms with Gasteiger partial charge in [0.05, 0.1) is 7.11 Å². The van der Waals surface area contributed by atoms with E-state index >= 15 is 0 Å². The van der Waals surface area contributed by atoms with Gasteiger partial charge in [-0.05, 0) is 6.92 Å². The number of hydrogen-bond acceptors (Lipinski definition) is 3. The lowest BCUT2D eigenvalue weighted by Crippen LogP contribution is -2.09. The van der Waals surface area contributed by atoms with Gasteiger partial charge in [0, 0.05) is 25.9 Å². The molecule has 0 aromatic carbocycles. The smallest absolute Gasteiger partial charge is 0.331 e. The SMILES string of the molecule is CCN(C)C=CC(=O)OC. The summed E-state index contributed by atoms with van der Waals surface area (Å²) < 4.78 is 4.39. The molecule has 3 heteroatoms. The second-order valence-corrected chi connectivity index (χ2v) is 1.91. The second kappa shape index (κ2) is 4.85. The molecule has 0 spiro atoms. The van der Waals surface area contributed by atoms with Crippen molar-refractivity contribution in [3.8, 4) is 0 Å². The predicted octanol–water partition coefficient (Wildman–Crippen LogP) is 0.625. The summed E-state index contributed by atoms with van der Waals surface area (Å²) in [6, 6.07) is 0. The van der Waals surface area contributed by atoms with Crippen LogP contribution in [-0.2, 0) is 9.53 Å². The summed E-state index contributed by atoms with van der Waals surface area (Å²) in [5.41, 5.74) is 0. The Morgan fingerprint density at radius 2 is 2.30 bits per heavy atom. The highest BCUT2D eigenvalue weighted by molar-refractivity contribution is 5.81. The van der Waals surface area contributed by atoms with E-state index in [9.17, 15) is 4.79 Å². The average Bonchev–Trinajstić information content (AvgIpc) is 1.99. The Labute approximate surface area is 61.3 Å². The van der Waals surface area contributed by atoms with E-state index in [2.05, 4.69) is 4.74 Å². The van der Waals surface area contributed by atoms with Gasteiger partial charge in [0.15, 0.2) is 0 Å². The van der Waals surface area contributed by atoms with Crippen molar-refractivity contribution < 1.29 is 9.53 Å². The van der Waals surface area contributed by atoms with Crippen LogP contribution in [-0.4, -0.2) is 31.6 Å². The largest absolute Gasteiger partial charge is 0.466 e. The predicted molar refractivity (Wildman–Crippen MR) is 39.5 cm³/mol. The summed E-state index contributed by atoms with van der Waals surface area (Å²) in [6.45, 7) is 2.88. The van der Waals surface area contributed by atoms with E-state index in [1.807, 2.05) is 18.9 Å². The second-order valence-electron chi connectivity index (χ2n) is 1.91. The summed E-state index contributed by atoms with van der Waals surface area (Å²) in [7, 11) is 3.25. The molecule has 0 fully saturated rings. The molecular formula is C7H13NO2. The number of carbonyl (C=O) groups is 1. The van der Waals surface area contributed by atoms with E-state index < -0.39 is 0 Å². The number of carbonyl (C=O) groups excluding carboxylic acids is 1. The normalized spacial score (nSPS) is 9.90. The van der Waals surface area contributed by atoms with Gasteiger partial charge in [-0.15, -0.1) is 0 Å². The van der Waals surface area contributed by atoms with E-state index in [-0.39, 0.29) is 5.97 Å². The highest BCUT2D eigenvalue weighted by Crippen LogP contribution is 1.83. The molecule has 0 aliphatic rings. The molecule has 0 rings (SSSR count). The molecule has 0 aliphatic carbocycles. The number of rotatable bonds is 3. The molecule has 0 N–H and O–H groups in total. The van der Waals surface area contributed by atoms with Gasteiger partial charge in [0.1, 0.15) is 0 Å². The first-order valence-electron chi connectivity index (χ1n) is 3.17. The van der Waals surface area contributed by atoms with Gasteiger partial charge in [-0.2, -0.15) is 0 Å². The molecule has 0 amide bonds. The van der Waals surface area contributed by atoms with Crippen LogP contribution in [0.4, 0.5) is 0 Å². The Kier molecular flexibility index (Phi) is 4.37. The Hall–Kier alpha value is -0.990. The minimum absolute atomic E-state index is 0.319. The molecular weight excluding hydrogens is 130 g/mol.